The minimum Gasteiger partial charge on any atom is -0.494 e. The predicted octanol–water partition coefficient (Wildman–Crippen LogP) is 5.94. The average Bonchev–Trinajstić information content (AvgIpc) is 3.81. The van der Waals surface area contributed by atoms with Crippen LogP contribution in [0, 0.1) is 5.82 Å². The maximum absolute atomic E-state index is 13.6. The third-order valence-electron chi connectivity index (χ3n) is 8.46. The summed E-state index contributed by atoms with van der Waals surface area (Å²) >= 11 is 0. The van der Waals surface area contributed by atoms with Crippen LogP contribution in [0.2, 0.25) is 0 Å². The fourth-order valence-electron chi connectivity index (χ4n) is 5.95. The minimum absolute atomic E-state index is 0.244. The van der Waals surface area contributed by atoms with E-state index in [-0.39, 0.29) is 5.82 Å². The van der Waals surface area contributed by atoms with Gasteiger partial charge in [0.2, 0.25) is 7.37 Å². The lowest BCUT2D eigenvalue weighted by Gasteiger charge is -2.42. The summed E-state index contributed by atoms with van der Waals surface area (Å²) in [7, 11) is -1.37. The summed E-state index contributed by atoms with van der Waals surface area (Å²) in [6.07, 6.45) is 3.68. The van der Waals surface area contributed by atoms with Gasteiger partial charge in [0, 0.05) is 62.7 Å². The number of carbonyl (C=O) groups is 1. The maximum atomic E-state index is 13.6. The highest BCUT2D eigenvalue weighted by Crippen LogP contribution is 2.47. The van der Waals surface area contributed by atoms with E-state index in [1.807, 2.05) is 43.1 Å². The lowest BCUT2D eigenvalue weighted by atomic mass is 9.89. The Morgan fingerprint density at radius 3 is 2.33 bits per heavy atom. The summed E-state index contributed by atoms with van der Waals surface area (Å²) in [6, 6.07) is 18.1. The van der Waals surface area contributed by atoms with Crippen LogP contribution in [0.1, 0.15) is 49.7 Å². The van der Waals surface area contributed by atoms with Crippen molar-refractivity contribution in [1.29, 1.82) is 0 Å². The van der Waals surface area contributed by atoms with Crippen molar-refractivity contribution in [3.63, 3.8) is 0 Å². The Bertz CT molecular complexity index is 1430. The topological polar surface area (TPSA) is 79.3 Å². The van der Waals surface area contributed by atoms with Gasteiger partial charge in [-0.15, -0.1) is 0 Å². The van der Waals surface area contributed by atoms with Crippen molar-refractivity contribution in [2.24, 2.45) is 0 Å². The quantitative estimate of drug-likeness (QED) is 0.206. The molecule has 224 valence electrons. The Hall–Kier alpha value is -3.19. The number of anilines is 1. The first-order valence-electron chi connectivity index (χ1n) is 14.6. The first kappa shape index (κ1) is 30.3. The van der Waals surface area contributed by atoms with Gasteiger partial charge >= 0.3 is 0 Å². The van der Waals surface area contributed by atoms with Crippen molar-refractivity contribution in [1.82, 2.24) is 4.90 Å². The van der Waals surface area contributed by atoms with E-state index in [2.05, 4.69) is 17.0 Å². The number of halogens is 1. The normalized spacial score (nSPS) is 18.2. The molecular weight excluding hydrogens is 554 g/mol. The molecule has 42 heavy (non-hydrogen) atoms. The van der Waals surface area contributed by atoms with Crippen LogP contribution in [-0.2, 0) is 20.6 Å². The number of ether oxygens (including phenoxy) is 2. The highest BCUT2D eigenvalue weighted by Gasteiger charge is 2.38. The fraction of sp³-hybridized carbons (Fsp3) is 0.424. The van der Waals surface area contributed by atoms with Gasteiger partial charge in [0.15, 0.2) is 0 Å². The summed E-state index contributed by atoms with van der Waals surface area (Å²) in [5.74, 6) is 1.12. The Labute approximate surface area is 247 Å². The van der Waals surface area contributed by atoms with Crippen molar-refractivity contribution in [3.8, 4) is 16.9 Å². The highest BCUT2D eigenvalue weighted by molar-refractivity contribution is 7.65. The second-order valence-electron chi connectivity index (χ2n) is 11.7. The molecule has 0 bridgehead atoms. The van der Waals surface area contributed by atoms with Gasteiger partial charge in [0.05, 0.1) is 13.2 Å². The van der Waals surface area contributed by atoms with Crippen LogP contribution in [0.15, 0.2) is 60.7 Å². The van der Waals surface area contributed by atoms with E-state index in [0.29, 0.717) is 43.7 Å². The molecule has 1 saturated heterocycles. The Balaban J connectivity index is 1.31. The zero-order valence-corrected chi connectivity index (χ0v) is 25.5. The number of likely N-dealkylation sites (tertiary alicyclic amines) is 1. The van der Waals surface area contributed by atoms with E-state index >= 15 is 0 Å². The second kappa shape index (κ2) is 12.6. The van der Waals surface area contributed by atoms with Crippen LogP contribution in [0.4, 0.5) is 10.1 Å². The van der Waals surface area contributed by atoms with Gasteiger partial charge in [0.25, 0.3) is 6.47 Å². The van der Waals surface area contributed by atoms with Crippen molar-refractivity contribution in [2.45, 2.75) is 50.7 Å². The summed E-state index contributed by atoms with van der Waals surface area (Å²) in [5.41, 5.74) is 4.80. The number of likely N-dealkylation sites (N-methyl/N-ethyl adjacent to an activating group) is 1. The third kappa shape index (κ3) is 7.05. The number of carbonyl (C=O) groups excluding carboxylic acids is 1. The number of piperidine rings is 1. The molecule has 1 heterocycles. The molecule has 1 atom stereocenters. The van der Waals surface area contributed by atoms with Crippen LogP contribution in [-0.4, -0.2) is 61.8 Å². The fourth-order valence-corrected chi connectivity index (χ4v) is 6.65. The third-order valence-corrected chi connectivity index (χ3v) is 9.72. The molecule has 3 aromatic rings. The van der Waals surface area contributed by atoms with E-state index in [9.17, 15) is 18.6 Å². The Morgan fingerprint density at radius 1 is 1.10 bits per heavy atom. The molecule has 0 aromatic heterocycles. The molecule has 2 aliphatic rings. The van der Waals surface area contributed by atoms with Gasteiger partial charge in [0.1, 0.15) is 17.2 Å². The number of hydrogen-bond acceptors (Lipinski definition) is 6. The van der Waals surface area contributed by atoms with Gasteiger partial charge in [-0.05, 0) is 90.9 Å². The lowest BCUT2D eigenvalue weighted by Crippen LogP contribution is -2.51. The standard InChI is InChI=1S/C33H40FN2O5P/c1-4-40-32-20-31(25-7-9-27(34)10-8-25)30(24-5-6-24)19-26(32)21-36-17-15-33(16-18-36,41-23-37)22-35(2)28-11-13-29(14-12-28)42(3,38)39/h7-14,19-20,23-24H,4-6,15-18,21-22H2,1-3H3,(H,38,39). The van der Waals surface area contributed by atoms with Crippen molar-refractivity contribution in [3.05, 3.63) is 77.6 Å². The Morgan fingerprint density at radius 2 is 1.76 bits per heavy atom. The van der Waals surface area contributed by atoms with E-state index in [1.54, 1.807) is 12.1 Å². The molecular formula is C33H40FN2O5P. The molecule has 0 amide bonds. The largest absolute Gasteiger partial charge is 0.494 e. The van der Waals surface area contributed by atoms with E-state index in [0.717, 1.165) is 60.6 Å². The SMILES string of the molecule is CCOc1cc(-c2ccc(F)cc2)c(C2CC2)cc1CN1CCC(CN(C)c2ccc(P(C)(=O)O)cc2)(OC=O)CC1. The van der Waals surface area contributed by atoms with Crippen molar-refractivity contribution in [2.75, 3.05) is 44.9 Å². The maximum Gasteiger partial charge on any atom is 0.293 e. The van der Waals surface area contributed by atoms with E-state index in [1.165, 1.54) is 24.4 Å². The summed E-state index contributed by atoms with van der Waals surface area (Å²) in [4.78, 5) is 25.8. The predicted molar refractivity (Wildman–Crippen MR) is 164 cm³/mol. The van der Waals surface area contributed by atoms with Crippen molar-refractivity contribution < 1.29 is 28.1 Å². The van der Waals surface area contributed by atoms with Crippen LogP contribution in [0.25, 0.3) is 11.1 Å². The van der Waals surface area contributed by atoms with E-state index in [4.69, 9.17) is 9.47 Å². The lowest BCUT2D eigenvalue weighted by molar-refractivity contribution is -0.147. The van der Waals surface area contributed by atoms with Crippen LogP contribution in [0.5, 0.6) is 5.75 Å². The average molecular weight is 595 g/mol. The zero-order valence-electron chi connectivity index (χ0n) is 24.6. The molecule has 3 aromatic carbocycles. The van der Waals surface area contributed by atoms with Gasteiger partial charge in [-0.1, -0.05) is 12.1 Å². The van der Waals surface area contributed by atoms with Gasteiger partial charge in [-0.3, -0.25) is 14.3 Å². The molecule has 0 spiro atoms. The van der Waals surface area contributed by atoms with Crippen LogP contribution < -0.4 is 14.9 Å². The second-order valence-corrected chi connectivity index (χ2v) is 14.0. The Kier molecular flexibility index (Phi) is 9.07. The van der Waals surface area contributed by atoms with Crippen LogP contribution >= 0.6 is 7.37 Å². The first-order chi connectivity index (χ1) is 20.1. The molecule has 7 nitrogen and oxygen atoms in total. The summed E-state index contributed by atoms with van der Waals surface area (Å²) < 4.78 is 37.5. The van der Waals surface area contributed by atoms with Gasteiger partial charge in [-0.2, -0.15) is 0 Å². The number of rotatable bonds is 12. The number of nitrogens with zero attached hydrogens (tertiary/aromatic N) is 2. The molecule has 1 N–H and O–H groups in total. The monoisotopic (exact) mass is 594 g/mol. The van der Waals surface area contributed by atoms with Crippen molar-refractivity contribution >= 4 is 24.8 Å². The van der Waals surface area contributed by atoms with Gasteiger partial charge in [-0.25, -0.2) is 4.39 Å². The highest BCUT2D eigenvalue weighted by atomic mass is 31.2. The molecule has 5 rings (SSSR count). The molecule has 1 aliphatic carbocycles. The van der Waals surface area contributed by atoms with E-state index < -0.39 is 13.0 Å². The molecule has 9 heteroatoms. The smallest absolute Gasteiger partial charge is 0.293 e. The van der Waals surface area contributed by atoms with Crippen LogP contribution in [0.3, 0.4) is 0 Å². The molecule has 1 aliphatic heterocycles. The first-order valence-corrected chi connectivity index (χ1v) is 16.7. The molecule has 2 fully saturated rings. The molecule has 1 saturated carbocycles. The zero-order chi connectivity index (χ0) is 29.9. The van der Waals surface area contributed by atoms with Gasteiger partial charge < -0.3 is 19.3 Å². The molecule has 1 unspecified atom stereocenters. The number of hydrogen-bond donors (Lipinski definition) is 1. The minimum atomic E-state index is -3.31. The summed E-state index contributed by atoms with van der Waals surface area (Å²) in [6.45, 7) is 7.18. The molecule has 0 radical (unpaired) electrons. The summed E-state index contributed by atoms with van der Waals surface area (Å²) in [5, 5.41) is 0.411. The number of benzene rings is 3.